The molecule has 0 radical (unpaired) electrons. The molecule has 0 saturated heterocycles. The van der Waals surface area contributed by atoms with Crippen molar-refractivity contribution < 1.29 is 0 Å². The average Bonchev–Trinajstić information content (AvgIpc) is 2.55. The number of nitrogens with zero attached hydrogens (tertiary/aromatic N) is 1. The summed E-state index contributed by atoms with van der Waals surface area (Å²) in [7, 11) is 0. The van der Waals surface area contributed by atoms with Crippen molar-refractivity contribution in [3.63, 3.8) is 0 Å². The van der Waals surface area contributed by atoms with Crippen molar-refractivity contribution in [1.82, 2.24) is 0 Å². The Balaban J connectivity index is 2.04. The predicted molar refractivity (Wildman–Crippen MR) is 86.1 cm³/mol. The summed E-state index contributed by atoms with van der Waals surface area (Å²) in [6, 6.07) is 0. The zero-order valence-electron chi connectivity index (χ0n) is 12.1. The van der Waals surface area contributed by atoms with E-state index in [0.29, 0.717) is 12.5 Å². The van der Waals surface area contributed by atoms with E-state index in [4.69, 9.17) is 22.3 Å². The van der Waals surface area contributed by atoms with Gasteiger partial charge in [-0.3, -0.25) is 4.99 Å². The minimum atomic E-state index is 0.153. The summed E-state index contributed by atoms with van der Waals surface area (Å²) in [5.41, 5.74) is 10.4. The molecular weight excluding hydrogens is 268 g/mol. The van der Waals surface area contributed by atoms with Crippen molar-refractivity contribution in [2.75, 3.05) is 6.54 Å². The molecule has 0 spiro atoms. The molecule has 0 aromatic heterocycles. The molecule has 3 heteroatoms. The number of hydrogen-bond acceptors (Lipinski definition) is 2. The van der Waals surface area contributed by atoms with E-state index in [1.54, 1.807) is 0 Å². The zero-order valence-corrected chi connectivity index (χ0v) is 12.9. The molecule has 3 rings (SSSR count). The Labute approximate surface area is 126 Å². The first kappa shape index (κ1) is 14.1. The molecule has 3 aliphatic rings. The molecule has 0 aromatic carbocycles. The first-order chi connectivity index (χ1) is 9.64. The van der Waals surface area contributed by atoms with Gasteiger partial charge in [-0.05, 0) is 44.2 Å². The summed E-state index contributed by atoms with van der Waals surface area (Å²) in [6.45, 7) is 3.07. The second-order valence-electron chi connectivity index (χ2n) is 6.43. The lowest BCUT2D eigenvalue weighted by Crippen LogP contribution is -2.35. The molecule has 0 amide bonds. The molecule has 0 fully saturated rings. The molecule has 3 atom stereocenters. The van der Waals surface area contributed by atoms with Crippen LogP contribution >= 0.6 is 11.6 Å². The van der Waals surface area contributed by atoms with Crippen molar-refractivity contribution in [2.24, 2.45) is 22.1 Å². The van der Waals surface area contributed by atoms with E-state index < -0.39 is 0 Å². The van der Waals surface area contributed by atoms with E-state index in [1.807, 2.05) is 6.20 Å². The normalized spacial score (nSPS) is 36.2. The molecule has 2 N–H and O–H groups in total. The lowest BCUT2D eigenvalue weighted by atomic mass is 9.71. The number of fused-ring (bicyclic) bond motifs is 1. The van der Waals surface area contributed by atoms with Crippen LogP contribution in [0.25, 0.3) is 0 Å². The van der Waals surface area contributed by atoms with Crippen molar-refractivity contribution in [3.05, 3.63) is 35.6 Å². The van der Waals surface area contributed by atoms with E-state index in [-0.39, 0.29) is 10.8 Å². The molecule has 2 aliphatic carbocycles. The molecule has 0 saturated carbocycles. The maximum Gasteiger partial charge on any atom is 0.0556 e. The summed E-state index contributed by atoms with van der Waals surface area (Å²) >= 11 is 6.31. The van der Waals surface area contributed by atoms with Crippen LogP contribution in [0.1, 0.15) is 39.0 Å². The summed E-state index contributed by atoms with van der Waals surface area (Å²) in [4.78, 5) is 4.77. The Hall–Kier alpha value is -0.860. The highest BCUT2D eigenvalue weighted by molar-refractivity contribution is 6.22. The molecule has 1 aliphatic heterocycles. The fourth-order valence-electron chi connectivity index (χ4n) is 3.84. The van der Waals surface area contributed by atoms with Gasteiger partial charge in [0.2, 0.25) is 0 Å². The first-order valence-corrected chi connectivity index (χ1v) is 8.05. The highest BCUT2D eigenvalue weighted by atomic mass is 35.5. The van der Waals surface area contributed by atoms with E-state index in [2.05, 4.69) is 25.2 Å². The second-order valence-corrected chi connectivity index (χ2v) is 6.99. The highest BCUT2D eigenvalue weighted by Crippen LogP contribution is 2.46. The second kappa shape index (κ2) is 5.50. The maximum atomic E-state index is 6.31. The van der Waals surface area contributed by atoms with Gasteiger partial charge in [0.25, 0.3) is 0 Å². The van der Waals surface area contributed by atoms with Crippen molar-refractivity contribution >= 4 is 17.3 Å². The Morgan fingerprint density at radius 3 is 3.15 bits per heavy atom. The molecule has 3 unspecified atom stereocenters. The number of alkyl halides is 1. The van der Waals surface area contributed by atoms with Gasteiger partial charge in [0, 0.05) is 23.2 Å². The van der Waals surface area contributed by atoms with Crippen LogP contribution in [0.5, 0.6) is 0 Å². The van der Waals surface area contributed by atoms with Crippen LogP contribution in [0.4, 0.5) is 0 Å². The van der Waals surface area contributed by atoms with Crippen LogP contribution in [0.2, 0.25) is 0 Å². The third-order valence-electron chi connectivity index (χ3n) is 4.98. The summed E-state index contributed by atoms with van der Waals surface area (Å²) < 4.78 is 0. The number of aliphatic imine (C=N–C) groups is 1. The smallest absolute Gasteiger partial charge is 0.0556 e. The lowest BCUT2D eigenvalue weighted by Gasteiger charge is -2.35. The van der Waals surface area contributed by atoms with Gasteiger partial charge in [-0.1, -0.05) is 30.7 Å². The monoisotopic (exact) mass is 290 g/mol. The average molecular weight is 291 g/mol. The minimum absolute atomic E-state index is 0.153. The topological polar surface area (TPSA) is 38.4 Å². The van der Waals surface area contributed by atoms with E-state index in [1.165, 1.54) is 23.3 Å². The van der Waals surface area contributed by atoms with Crippen LogP contribution < -0.4 is 5.73 Å². The number of nitrogens with two attached hydrogens (primary N) is 1. The summed E-state index contributed by atoms with van der Waals surface area (Å²) in [5, 5.41) is 0.153. The number of hydrogen-bond donors (Lipinski definition) is 1. The van der Waals surface area contributed by atoms with Crippen LogP contribution in [0.15, 0.2) is 40.6 Å². The maximum absolute atomic E-state index is 6.31. The predicted octanol–water partition coefficient (Wildman–Crippen LogP) is 3.97. The Kier molecular flexibility index (Phi) is 3.87. The molecule has 2 nitrogen and oxygen atoms in total. The van der Waals surface area contributed by atoms with Gasteiger partial charge < -0.3 is 5.73 Å². The molecule has 1 heterocycles. The van der Waals surface area contributed by atoms with Gasteiger partial charge in [-0.25, -0.2) is 0 Å². The van der Waals surface area contributed by atoms with E-state index in [9.17, 15) is 0 Å². The minimum Gasteiger partial charge on any atom is -0.330 e. The number of rotatable bonds is 2. The summed E-state index contributed by atoms with van der Waals surface area (Å²) in [6.07, 6.45) is 13.9. The first-order valence-electron chi connectivity index (χ1n) is 7.61. The highest BCUT2D eigenvalue weighted by Gasteiger charge is 2.40. The van der Waals surface area contributed by atoms with Gasteiger partial charge in [-0.15, -0.1) is 11.6 Å². The SMILES string of the molecule is CC12CC=CN=C1C(CCN)C1=C(CC2)CC(Cl)C=C1. The van der Waals surface area contributed by atoms with Gasteiger partial charge in [0.1, 0.15) is 0 Å². The Morgan fingerprint density at radius 2 is 2.35 bits per heavy atom. The Morgan fingerprint density at radius 1 is 1.50 bits per heavy atom. The number of halogens is 1. The summed E-state index contributed by atoms with van der Waals surface area (Å²) in [5.74, 6) is 0.382. The van der Waals surface area contributed by atoms with Gasteiger partial charge in [0.15, 0.2) is 0 Å². The lowest BCUT2D eigenvalue weighted by molar-refractivity contribution is 0.416. The number of allylic oxidation sites excluding steroid dienone is 5. The molecule has 0 bridgehead atoms. The van der Waals surface area contributed by atoms with Gasteiger partial charge >= 0.3 is 0 Å². The van der Waals surface area contributed by atoms with Crippen LogP contribution in [0, 0.1) is 11.3 Å². The van der Waals surface area contributed by atoms with Crippen LogP contribution in [0.3, 0.4) is 0 Å². The quantitative estimate of drug-likeness (QED) is 0.768. The molecule has 0 aromatic rings. The van der Waals surface area contributed by atoms with Crippen LogP contribution in [-0.2, 0) is 0 Å². The fourth-order valence-corrected chi connectivity index (χ4v) is 4.10. The van der Waals surface area contributed by atoms with Gasteiger partial charge in [0.05, 0.1) is 5.38 Å². The fraction of sp³-hybridized carbons (Fsp3) is 0.588. The largest absolute Gasteiger partial charge is 0.330 e. The third-order valence-corrected chi connectivity index (χ3v) is 5.28. The van der Waals surface area contributed by atoms with Gasteiger partial charge in [-0.2, -0.15) is 0 Å². The Bertz CT molecular complexity index is 515. The third kappa shape index (κ3) is 2.40. The van der Waals surface area contributed by atoms with Crippen molar-refractivity contribution in [3.8, 4) is 0 Å². The standard InChI is InChI=1S/C17H23ClN2/c1-17-7-2-10-20-16(17)15(6-9-19)14-4-3-13(18)11-12(14)5-8-17/h2-4,10,13,15H,5-9,11,19H2,1H3. The van der Waals surface area contributed by atoms with Crippen molar-refractivity contribution in [2.45, 2.75) is 44.4 Å². The zero-order chi connectivity index (χ0) is 14.2. The molecule has 20 heavy (non-hydrogen) atoms. The van der Waals surface area contributed by atoms with Crippen LogP contribution in [-0.4, -0.2) is 17.6 Å². The molecular formula is C17H23ClN2. The van der Waals surface area contributed by atoms with E-state index >= 15 is 0 Å². The molecule has 108 valence electrons. The van der Waals surface area contributed by atoms with E-state index in [0.717, 1.165) is 25.7 Å². The van der Waals surface area contributed by atoms with Crippen molar-refractivity contribution in [1.29, 1.82) is 0 Å².